The first-order valence-corrected chi connectivity index (χ1v) is 8.74. The summed E-state index contributed by atoms with van der Waals surface area (Å²) in [6.07, 6.45) is 13.0. The molecule has 0 unspecified atom stereocenters. The van der Waals surface area contributed by atoms with Crippen molar-refractivity contribution in [3.8, 4) is 0 Å². The normalized spacial score (nSPS) is 50.4. The molecule has 0 amide bonds. The first-order valence-electron chi connectivity index (χ1n) is 8.74. The van der Waals surface area contributed by atoms with Crippen molar-refractivity contribution >= 4 is 0 Å². The molecule has 4 bridgehead atoms. The average Bonchev–Trinajstić information content (AvgIpc) is 2.32. The number of nitrogens with two attached hydrogens (primary N) is 1. The highest BCUT2D eigenvalue weighted by atomic mass is 14.8. The van der Waals surface area contributed by atoms with Gasteiger partial charge in [-0.25, -0.2) is 0 Å². The minimum atomic E-state index is 0.206. The molecule has 0 aliphatic heterocycles. The quantitative estimate of drug-likeness (QED) is 0.746. The summed E-state index contributed by atoms with van der Waals surface area (Å²) in [4.78, 5) is 0. The molecule has 5 rings (SSSR count). The minimum absolute atomic E-state index is 0.206. The Balaban J connectivity index is 1.56. The van der Waals surface area contributed by atoms with Gasteiger partial charge in [0, 0.05) is 5.54 Å². The number of hydrogen-bond acceptors (Lipinski definition) is 1. The fourth-order valence-corrected chi connectivity index (χ4v) is 6.59. The topological polar surface area (TPSA) is 26.0 Å². The fourth-order valence-electron chi connectivity index (χ4n) is 6.59. The van der Waals surface area contributed by atoms with E-state index >= 15 is 0 Å². The maximum Gasteiger partial charge on any atom is 0.0188 e. The molecule has 5 aliphatic carbocycles. The molecule has 108 valence electrons. The molecule has 0 aromatic heterocycles. The van der Waals surface area contributed by atoms with Gasteiger partial charge in [0.1, 0.15) is 0 Å². The van der Waals surface area contributed by atoms with Crippen molar-refractivity contribution in [2.24, 2.45) is 40.7 Å². The van der Waals surface area contributed by atoms with Crippen molar-refractivity contribution in [2.75, 3.05) is 0 Å². The second-order valence-electron chi connectivity index (χ2n) is 9.35. The van der Waals surface area contributed by atoms with E-state index in [-0.39, 0.29) is 5.54 Å². The lowest BCUT2D eigenvalue weighted by atomic mass is 9.46. The van der Waals surface area contributed by atoms with Crippen LogP contribution < -0.4 is 5.73 Å². The summed E-state index contributed by atoms with van der Waals surface area (Å²) in [5.74, 6) is 5.06. The van der Waals surface area contributed by atoms with Gasteiger partial charge in [0.2, 0.25) is 0 Å². The molecule has 0 saturated heterocycles. The largest absolute Gasteiger partial charge is 0.325 e. The van der Waals surface area contributed by atoms with Gasteiger partial charge in [-0.05, 0) is 92.8 Å². The summed E-state index contributed by atoms with van der Waals surface area (Å²) >= 11 is 0. The van der Waals surface area contributed by atoms with Crippen molar-refractivity contribution < 1.29 is 0 Å². The van der Waals surface area contributed by atoms with Crippen LogP contribution in [0.5, 0.6) is 0 Å². The van der Waals surface area contributed by atoms with E-state index in [1.54, 1.807) is 6.42 Å². The zero-order valence-electron chi connectivity index (χ0n) is 12.8. The molecular weight excluding hydrogens is 230 g/mol. The summed E-state index contributed by atoms with van der Waals surface area (Å²) < 4.78 is 0. The highest BCUT2D eigenvalue weighted by Gasteiger charge is 2.55. The molecule has 0 aromatic carbocycles. The highest BCUT2D eigenvalue weighted by Crippen LogP contribution is 2.61. The van der Waals surface area contributed by atoms with Gasteiger partial charge in [0.15, 0.2) is 0 Å². The van der Waals surface area contributed by atoms with E-state index in [1.807, 2.05) is 0 Å². The summed E-state index contributed by atoms with van der Waals surface area (Å²) in [6.45, 7) is 4.87. The molecule has 1 heteroatoms. The zero-order valence-corrected chi connectivity index (χ0v) is 12.8. The van der Waals surface area contributed by atoms with E-state index in [0.29, 0.717) is 5.41 Å². The van der Waals surface area contributed by atoms with Crippen molar-refractivity contribution in [2.45, 2.75) is 77.2 Å². The van der Waals surface area contributed by atoms with Gasteiger partial charge >= 0.3 is 0 Å². The second kappa shape index (κ2) is 4.00. The predicted octanol–water partition coefficient (Wildman–Crippen LogP) is 4.36. The SMILES string of the molecule is CC1(C)CCC(N)(C2C3CC4CC(C3)CC2C4)CC1. The van der Waals surface area contributed by atoms with Gasteiger partial charge in [-0.1, -0.05) is 13.8 Å². The molecule has 0 spiro atoms. The van der Waals surface area contributed by atoms with Crippen molar-refractivity contribution in [1.29, 1.82) is 0 Å². The number of hydrogen-bond donors (Lipinski definition) is 1. The lowest BCUT2D eigenvalue weighted by Crippen LogP contribution is -2.60. The highest BCUT2D eigenvalue weighted by molar-refractivity contribution is 5.08. The molecule has 1 nitrogen and oxygen atoms in total. The molecule has 19 heavy (non-hydrogen) atoms. The first-order chi connectivity index (χ1) is 8.95. The Morgan fingerprint density at radius 1 is 0.737 bits per heavy atom. The van der Waals surface area contributed by atoms with Gasteiger partial charge in [0.25, 0.3) is 0 Å². The van der Waals surface area contributed by atoms with Gasteiger partial charge in [-0.3, -0.25) is 0 Å². The molecule has 5 aliphatic rings. The minimum Gasteiger partial charge on any atom is -0.325 e. The van der Waals surface area contributed by atoms with Crippen molar-refractivity contribution in [1.82, 2.24) is 0 Å². The first kappa shape index (κ1) is 12.7. The van der Waals surface area contributed by atoms with Crippen LogP contribution in [0, 0.1) is 35.0 Å². The average molecular weight is 261 g/mol. The molecule has 0 aromatic rings. The summed E-state index contributed by atoms with van der Waals surface area (Å²) in [5.41, 5.74) is 7.76. The molecule has 5 fully saturated rings. The third-order valence-electron chi connectivity index (χ3n) is 7.43. The summed E-state index contributed by atoms with van der Waals surface area (Å²) in [7, 11) is 0. The monoisotopic (exact) mass is 261 g/mol. The Hall–Kier alpha value is -0.0400. The smallest absolute Gasteiger partial charge is 0.0188 e. The lowest BCUT2D eigenvalue weighted by Gasteiger charge is -2.60. The molecule has 0 radical (unpaired) electrons. The van der Waals surface area contributed by atoms with E-state index in [1.165, 1.54) is 51.4 Å². The summed E-state index contributed by atoms with van der Waals surface area (Å²) in [6, 6.07) is 0. The Labute approximate surface area is 118 Å². The Morgan fingerprint density at radius 2 is 1.21 bits per heavy atom. The maximum absolute atomic E-state index is 7.01. The van der Waals surface area contributed by atoms with E-state index in [4.69, 9.17) is 5.73 Å². The third kappa shape index (κ3) is 1.99. The van der Waals surface area contributed by atoms with Crippen LogP contribution in [0.2, 0.25) is 0 Å². The van der Waals surface area contributed by atoms with E-state index < -0.39 is 0 Å². The fraction of sp³-hybridized carbons (Fsp3) is 1.00. The molecule has 0 atom stereocenters. The number of rotatable bonds is 1. The van der Waals surface area contributed by atoms with E-state index in [2.05, 4.69) is 13.8 Å². The van der Waals surface area contributed by atoms with Crippen molar-refractivity contribution in [3.63, 3.8) is 0 Å². The predicted molar refractivity (Wildman–Crippen MR) is 79.7 cm³/mol. The molecular formula is C18H31N. The van der Waals surface area contributed by atoms with Crippen LogP contribution >= 0.6 is 0 Å². The maximum atomic E-state index is 7.01. The van der Waals surface area contributed by atoms with Crippen LogP contribution in [0.3, 0.4) is 0 Å². The lowest BCUT2D eigenvalue weighted by molar-refractivity contribution is -0.0833. The molecule has 5 saturated carbocycles. The Morgan fingerprint density at radius 3 is 1.68 bits per heavy atom. The van der Waals surface area contributed by atoms with Crippen LogP contribution in [0.4, 0.5) is 0 Å². The Kier molecular flexibility index (Phi) is 2.67. The standard InChI is InChI=1S/C18H31N/c1-17(2)3-5-18(19,6-4-17)16-14-8-12-7-13(10-14)11-15(16)9-12/h12-16H,3-11,19H2,1-2H3. The molecule has 0 heterocycles. The van der Waals surface area contributed by atoms with Gasteiger partial charge in [-0.15, -0.1) is 0 Å². The van der Waals surface area contributed by atoms with E-state index in [0.717, 1.165) is 29.6 Å². The van der Waals surface area contributed by atoms with Gasteiger partial charge in [0.05, 0.1) is 0 Å². The van der Waals surface area contributed by atoms with Crippen LogP contribution in [0.25, 0.3) is 0 Å². The van der Waals surface area contributed by atoms with Crippen LogP contribution in [0.15, 0.2) is 0 Å². The van der Waals surface area contributed by atoms with E-state index in [9.17, 15) is 0 Å². The van der Waals surface area contributed by atoms with Crippen LogP contribution in [-0.4, -0.2) is 5.54 Å². The summed E-state index contributed by atoms with van der Waals surface area (Å²) in [5, 5.41) is 0. The van der Waals surface area contributed by atoms with Gasteiger partial charge < -0.3 is 5.73 Å². The third-order valence-corrected chi connectivity index (χ3v) is 7.43. The van der Waals surface area contributed by atoms with Crippen LogP contribution in [-0.2, 0) is 0 Å². The second-order valence-corrected chi connectivity index (χ2v) is 9.35. The molecule has 2 N–H and O–H groups in total. The van der Waals surface area contributed by atoms with Crippen molar-refractivity contribution in [3.05, 3.63) is 0 Å². The Bertz CT molecular complexity index is 332. The van der Waals surface area contributed by atoms with Gasteiger partial charge in [-0.2, -0.15) is 0 Å². The zero-order chi connectivity index (χ0) is 13.3. The van der Waals surface area contributed by atoms with Crippen LogP contribution in [0.1, 0.15) is 71.6 Å².